The van der Waals surface area contributed by atoms with Gasteiger partial charge in [-0.1, -0.05) is 39.9 Å². The lowest BCUT2D eigenvalue weighted by molar-refractivity contribution is -0.122. The monoisotopic (exact) mass is 273 g/mol. The Kier molecular flexibility index (Phi) is 8.93. The second kappa shape index (κ2) is 9.28. The third-order valence-corrected chi connectivity index (χ3v) is 2.58. The van der Waals surface area contributed by atoms with Crippen molar-refractivity contribution < 1.29 is 4.79 Å². The topological polar surface area (TPSA) is 58.4 Å². The van der Waals surface area contributed by atoms with Gasteiger partial charge >= 0.3 is 0 Å². The van der Waals surface area contributed by atoms with Crippen LogP contribution in [0.5, 0.6) is 0 Å². The van der Waals surface area contributed by atoms with Crippen LogP contribution >= 0.6 is 12.2 Å². The molecule has 4 nitrogen and oxygen atoms in total. The van der Waals surface area contributed by atoms with Gasteiger partial charge in [0.25, 0.3) is 0 Å². The van der Waals surface area contributed by atoms with Gasteiger partial charge in [0.1, 0.15) is 0 Å². The van der Waals surface area contributed by atoms with Crippen LogP contribution in [0.4, 0.5) is 0 Å². The van der Waals surface area contributed by atoms with E-state index in [0.717, 1.165) is 19.6 Å². The fraction of sp³-hybridized carbons (Fsp3) is 0.846. The Morgan fingerprint density at radius 2 is 1.89 bits per heavy atom. The van der Waals surface area contributed by atoms with Crippen molar-refractivity contribution in [2.24, 2.45) is 17.6 Å². The van der Waals surface area contributed by atoms with Crippen molar-refractivity contribution in [3.05, 3.63) is 0 Å². The SMILES string of the molecule is CC(C)CNC(=O)CN(CCC(N)=S)CC(C)C. The molecule has 106 valence electrons. The Morgan fingerprint density at radius 3 is 2.33 bits per heavy atom. The highest BCUT2D eigenvalue weighted by Gasteiger charge is 2.12. The van der Waals surface area contributed by atoms with Gasteiger partial charge in [-0.05, 0) is 11.8 Å². The number of rotatable bonds is 9. The van der Waals surface area contributed by atoms with Crippen LogP contribution in [0.3, 0.4) is 0 Å². The van der Waals surface area contributed by atoms with Crippen LogP contribution in [-0.2, 0) is 4.79 Å². The molecule has 0 aromatic carbocycles. The standard InChI is InChI=1S/C13H27N3OS/c1-10(2)7-15-13(17)9-16(8-11(3)4)6-5-12(14)18/h10-11H,5-9H2,1-4H3,(H2,14,18)(H,15,17). The first-order valence-electron chi connectivity index (χ1n) is 6.58. The van der Waals surface area contributed by atoms with Crippen molar-refractivity contribution in [2.75, 3.05) is 26.2 Å². The Balaban J connectivity index is 4.12. The lowest BCUT2D eigenvalue weighted by Crippen LogP contribution is -2.41. The van der Waals surface area contributed by atoms with Gasteiger partial charge in [0.15, 0.2) is 0 Å². The van der Waals surface area contributed by atoms with E-state index in [0.29, 0.717) is 29.8 Å². The largest absolute Gasteiger partial charge is 0.393 e. The number of thiocarbonyl (C=S) groups is 1. The highest BCUT2D eigenvalue weighted by molar-refractivity contribution is 7.80. The highest BCUT2D eigenvalue weighted by atomic mass is 32.1. The van der Waals surface area contributed by atoms with Gasteiger partial charge in [-0.15, -0.1) is 0 Å². The van der Waals surface area contributed by atoms with Gasteiger partial charge in [-0.2, -0.15) is 0 Å². The molecule has 0 heterocycles. The van der Waals surface area contributed by atoms with Crippen molar-refractivity contribution in [1.29, 1.82) is 0 Å². The maximum atomic E-state index is 11.8. The van der Waals surface area contributed by atoms with Gasteiger partial charge < -0.3 is 11.1 Å². The molecule has 1 amide bonds. The maximum Gasteiger partial charge on any atom is 0.234 e. The third kappa shape index (κ3) is 10.5. The van der Waals surface area contributed by atoms with Crippen molar-refractivity contribution in [3.63, 3.8) is 0 Å². The summed E-state index contributed by atoms with van der Waals surface area (Å²) in [6, 6.07) is 0. The first-order chi connectivity index (χ1) is 8.31. The summed E-state index contributed by atoms with van der Waals surface area (Å²) in [6.45, 7) is 11.2. The fourth-order valence-corrected chi connectivity index (χ4v) is 1.69. The van der Waals surface area contributed by atoms with Crippen molar-refractivity contribution in [3.8, 4) is 0 Å². The molecular weight excluding hydrogens is 246 g/mol. The lowest BCUT2D eigenvalue weighted by atomic mass is 10.2. The molecule has 0 rings (SSSR count). The van der Waals surface area contributed by atoms with E-state index >= 15 is 0 Å². The smallest absolute Gasteiger partial charge is 0.234 e. The number of amides is 1. The molecule has 0 fully saturated rings. The Bertz CT molecular complexity index is 267. The predicted octanol–water partition coefficient (Wildman–Crippen LogP) is 1.39. The Labute approximate surface area is 116 Å². The van der Waals surface area contributed by atoms with Crippen LogP contribution in [0.15, 0.2) is 0 Å². The second-order valence-electron chi connectivity index (χ2n) is 5.54. The zero-order valence-electron chi connectivity index (χ0n) is 12.0. The molecule has 0 bridgehead atoms. The van der Waals surface area contributed by atoms with E-state index in [-0.39, 0.29) is 5.91 Å². The van der Waals surface area contributed by atoms with E-state index in [1.54, 1.807) is 0 Å². The summed E-state index contributed by atoms with van der Waals surface area (Å²) in [5.41, 5.74) is 5.50. The van der Waals surface area contributed by atoms with Crippen LogP contribution in [0.25, 0.3) is 0 Å². The van der Waals surface area contributed by atoms with Crippen molar-refractivity contribution in [1.82, 2.24) is 10.2 Å². The minimum atomic E-state index is 0.0762. The van der Waals surface area contributed by atoms with Gasteiger partial charge in [0, 0.05) is 26.1 Å². The fourth-order valence-electron chi connectivity index (χ4n) is 1.60. The van der Waals surface area contributed by atoms with Crippen molar-refractivity contribution in [2.45, 2.75) is 34.1 Å². The highest BCUT2D eigenvalue weighted by Crippen LogP contribution is 2.00. The molecule has 0 saturated heterocycles. The van der Waals surface area contributed by atoms with Gasteiger partial charge in [0.05, 0.1) is 11.5 Å². The first-order valence-corrected chi connectivity index (χ1v) is 6.99. The number of hydrogen-bond acceptors (Lipinski definition) is 3. The summed E-state index contributed by atoms with van der Waals surface area (Å²) in [6.07, 6.45) is 0.666. The van der Waals surface area contributed by atoms with Gasteiger partial charge in [-0.25, -0.2) is 0 Å². The average molecular weight is 273 g/mol. The quantitative estimate of drug-likeness (QED) is 0.623. The number of carbonyl (C=O) groups excluding carboxylic acids is 1. The number of nitrogens with zero attached hydrogens (tertiary/aromatic N) is 1. The summed E-state index contributed by atoms with van der Waals surface area (Å²) in [4.78, 5) is 14.4. The summed E-state index contributed by atoms with van der Waals surface area (Å²) in [5, 5.41) is 2.93. The van der Waals surface area contributed by atoms with Crippen molar-refractivity contribution >= 4 is 23.1 Å². The molecule has 0 radical (unpaired) electrons. The van der Waals surface area contributed by atoms with Crippen LogP contribution < -0.4 is 11.1 Å². The van der Waals surface area contributed by atoms with Gasteiger partial charge in [-0.3, -0.25) is 9.69 Å². The number of nitrogens with two attached hydrogens (primary N) is 1. The Hall–Kier alpha value is -0.680. The zero-order chi connectivity index (χ0) is 14.1. The first kappa shape index (κ1) is 17.3. The molecule has 0 aromatic heterocycles. The van der Waals surface area contributed by atoms with Crippen LogP contribution in [0, 0.1) is 11.8 Å². The minimum Gasteiger partial charge on any atom is -0.393 e. The average Bonchev–Trinajstić information content (AvgIpc) is 2.22. The molecular formula is C13H27N3OS. The Morgan fingerprint density at radius 1 is 1.28 bits per heavy atom. The number of hydrogen-bond donors (Lipinski definition) is 2. The number of nitrogens with one attached hydrogen (secondary N) is 1. The second-order valence-corrected chi connectivity index (χ2v) is 6.07. The molecule has 18 heavy (non-hydrogen) atoms. The third-order valence-electron chi connectivity index (χ3n) is 2.37. The molecule has 0 saturated carbocycles. The molecule has 0 aliphatic rings. The van der Waals surface area contributed by atoms with E-state index < -0.39 is 0 Å². The number of carbonyl (C=O) groups is 1. The molecule has 0 aromatic rings. The van der Waals surface area contributed by atoms with E-state index in [1.807, 2.05) is 0 Å². The van der Waals surface area contributed by atoms with E-state index in [2.05, 4.69) is 37.9 Å². The van der Waals surface area contributed by atoms with Gasteiger partial charge in [0.2, 0.25) is 5.91 Å². The van der Waals surface area contributed by atoms with Crippen LogP contribution in [0.1, 0.15) is 34.1 Å². The molecule has 5 heteroatoms. The summed E-state index contributed by atoms with van der Waals surface area (Å²) in [5.74, 6) is 1.07. The molecule has 0 aliphatic heterocycles. The van der Waals surface area contributed by atoms with E-state index in [9.17, 15) is 4.79 Å². The minimum absolute atomic E-state index is 0.0762. The van der Waals surface area contributed by atoms with Crippen LogP contribution in [-0.4, -0.2) is 42.0 Å². The molecule has 3 N–H and O–H groups in total. The summed E-state index contributed by atoms with van der Waals surface area (Å²) < 4.78 is 0. The summed E-state index contributed by atoms with van der Waals surface area (Å²) in [7, 11) is 0. The zero-order valence-corrected chi connectivity index (χ0v) is 12.8. The maximum absolute atomic E-state index is 11.8. The lowest BCUT2D eigenvalue weighted by Gasteiger charge is -2.23. The van der Waals surface area contributed by atoms with E-state index in [4.69, 9.17) is 18.0 Å². The molecule has 0 aliphatic carbocycles. The molecule has 0 unspecified atom stereocenters. The molecule has 0 spiro atoms. The normalized spacial score (nSPS) is 11.3. The summed E-state index contributed by atoms with van der Waals surface area (Å²) >= 11 is 4.88. The predicted molar refractivity (Wildman–Crippen MR) is 80.5 cm³/mol. The van der Waals surface area contributed by atoms with E-state index in [1.165, 1.54) is 0 Å². The van der Waals surface area contributed by atoms with Crippen LogP contribution in [0.2, 0.25) is 0 Å². The molecule has 0 atom stereocenters.